The van der Waals surface area contributed by atoms with Gasteiger partial charge in [0.25, 0.3) is 5.56 Å². The van der Waals surface area contributed by atoms with Crippen LogP contribution >= 0.6 is 0 Å². The fourth-order valence-corrected chi connectivity index (χ4v) is 10.3. The number of carboxylic acid groups (broad SMARTS) is 2. The molecule has 12 heteroatoms. The van der Waals surface area contributed by atoms with Crippen LogP contribution in [0.4, 0.5) is 0 Å². The highest BCUT2D eigenvalue weighted by Crippen LogP contribution is 2.37. The number of carbonyl (C=O) groups is 5. The van der Waals surface area contributed by atoms with Crippen molar-refractivity contribution in [3.63, 3.8) is 0 Å². The maximum absolute atomic E-state index is 13.9. The van der Waals surface area contributed by atoms with Gasteiger partial charge < -0.3 is 19.7 Å². The minimum Gasteiger partial charge on any atom is -0.481 e. The molecule has 1 fully saturated rings. The topological polar surface area (TPSA) is 177 Å². The molecule has 0 bridgehead atoms. The number of rotatable bonds is 18. The standard InChI is InChI=1S/C31H34N2O4.C31H30N2O4.2CH4/c2*1-20-12-13-28(35)33(19-20)31(23-10-5-4-6-11-23)27(34)15-24(16-29(36)37)25-14-26(18-32-17-25)30-21(2)8-7-9-22(30)3;;/h4-11,14,17-18,20,24,31H,12-13,15-16,19H2,1-3H3,(H,36,37);4-14,17-19,24,31H,15-16H2,1-3H3,(H,36,37);2*1H4/t20?,24-,31-;24-,31-;;/m00../s1. The molecule has 5 atom stereocenters. The summed E-state index contributed by atoms with van der Waals surface area (Å²) in [5.41, 5.74) is 11.7. The molecule has 1 aliphatic heterocycles. The van der Waals surface area contributed by atoms with Crippen LogP contribution in [0.25, 0.3) is 22.3 Å². The summed E-state index contributed by atoms with van der Waals surface area (Å²) in [4.78, 5) is 87.7. The molecule has 4 aromatic carbocycles. The Labute approximate surface area is 447 Å². The summed E-state index contributed by atoms with van der Waals surface area (Å²) in [5, 5.41) is 19.4. The van der Waals surface area contributed by atoms with Crippen molar-refractivity contribution in [1.82, 2.24) is 19.4 Å². The van der Waals surface area contributed by atoms with Gasteiger partial charge in [0.1, 0.15) is 12.1 Å². The van der Waals surface area contributed by atoms with Gasteiger partial charge >= 0.3 is 11.9 Å². The Morgan fingerprint density at radius 1 is 0.553 bits per heavy atom. The van der Waals surface area contributed by atoms with Crippen LogP contribution in [0.5, 0.6) is 0 Å². The van der Waals surface area contributed by atoms with Gasteiger partial charge in [-0.15, -0.1) is 0 Å². The summed E-state index contributed by atoms with van der Waals surface area (Å²) in [6.07, 6.45) is 9.25. The quantitative estimate of drug-likeness (QED) is 0.0841. The summed E-state index contributed by atoms with van der Waals surface area (Å²) in [6.45, 7) is 12.6. The van der Waals surface area contributed by atoms with Gasteiger partial charge in [-0.25, -0.2) is 0 Å². The molecule has 12 nitrogen and oxygen atoms in total. The molecule has 1 amide bonds. The molecule has 2 N–H and O–H groups in total. The average Bonchev–Trinajstić information content (AvgIpc) is 3.36. The minimum absolute atomic E-state index is 0. The third kappa shape index (κ3) is 14.6. The lowest BCUT2D eigenvalue weighted by Gasteiger charge is -2.37. The molecule has 1 aliphatic rings. The number of benzene rings is 4. The van der Waals surface area contributed by atoms with Crippen molar-refractivity contribution in [3.8, 4) is 22.3 Å². The Kier molecular flexibility index (Phi) is 20.8. The third-order valence-corrected chi connectivity index (χ3v) is 13.9. The van der Waals surface area contributed by atoms with Crippen LogP contribution in [0, 0.1) is 40.5 Å². The molecule has 1 unspecified atom stereocenters. The lowest BCUT2D eigenvalue weighted by Crippen LogP contribution is -2.44. The van der Waals surface area contributed by atoms with E-state index in [9.17, 15) is 39.0 Å². The smallest absolute Gasteiger partial charge is 0.303 e. The van der Waals surface area contributed by atoms with Gasteiger partial charge in [-0.1, -0.05) is 125 Å². The van der Waals surface area contributed by atoms with Crippen LogP contribution in [0.1, 0.15) is 134 Å². The number of pyridine rings is 3. The number of hydrogen-bond acceptors (Lipinski definition) is 8. The van der Waals surface area contributed by atoms with Gasteiger partial charge in [0.2, 0.25) is 5.91 Å². The van der Waals surface area contributed by atoms with E-state index < -0.39 is 35.9 Å². The number of carboxylic acids is 2. The first-order valence-electron chi connectivity index (χ1n) is 25.1. The van der Waals surface area contributed by atoms with E-state index in [-0.39, 0.29) is 63.6 Å². The van der Waals surface area contributed by atoms with Crippen LogP contribution in [-0.4, -0.2) is 65.6 Å². The third-order valence-electron chi connectivity index (χ3n) is 13.9. The summed E-state index contributed by atoms with van der Waals surface area (Å²) in [6, 6.07) is 36.0. The Balaban J connectivity index is 0.000000274. The van der Waals surface area contributed by atoms with Crippen molar-refractivity contribution in [2.45, 2.75) is 119 Å². The summed E-state index contributed by atoms with van der Waals surface area (Å²) >= 11 is 0. The fourth-order valence-electron chi connectivity index (χ4n) is 10.3. The highest BCUT2D eigenvalue weighted by Gasteiger charge is 2.36. The van der Waals surface area contributed by atoms with E-state index in [1.807, 2.05) is 144 Å². The first kappa shape index (κ1) is 58.8. The zero-order chi connectivity index (χ0) is 53.1. The summed E-state index contributed by atoms with van der Waals surface area (Å²) in [5.74, 6) is -3.27. The van der Waals surface area contributed by atoms with Crippen LogP contribution < -0.4 is 5.56 Å². The number of amides is 1. The Hall–Kier alpha value is -8.12. The zero-order valence-corrected chi connectivity index (χ0v) is 42.9. The van der Waals surface area contributed by atoms with E-state index in [2.05, 4.69) is 16.9 Å². The van der Waals surface area contributed by atoms with E-state index in [0.717, 1.165) is 62.1 Å². The Morgan fingerprint density at radius 2 is 0.987 bits per heavy atom. The molecule has 0 aliphatic carbocycles. The lowest BCUT2D eigenvalue weighted by molar-refractivity contribution is -0.144. The van der Waals surface area contributed by atoms with Crippen molar-refractivity contribution in [2.24, 2.45) is 5.92 Å². The molecule has 0 radical (unpaired) electrons. The van der Waals surface area contributed by atoms with Crippen molar-refractivity contribution in [1.29, 1.82) is 0 Å². The number of carbonyl (C=O) groups excluding carboxylic acids is 3. The first-order chi connectivity index (χ1) is 35.5. The van der Waals surface area contributed by atoms with Gasteiger partial charge in [0, 0.05) is 85.8 Å². The zero-order valence-electron chi connectivity index (χ0n) is 42.9. The Morgan fingerprint density at radius 3 is 1.43 bits per heavy atom. The van der Waals surface area contributed by atoms with Crippen LogP contribution in [0.2, 0.25) is 0 Å². The number of likely N-dealkylation sites (tertiary alicyclic amines) is 1. The number of piperidine rings is 1. The minimum atomic E-state index is -1.00. The Bertz CT molecular complexity index is 3170. The van der Waals surface area contributed by atoms with Gasteiger partial charge in [0.15, 0.2) is 11.6 Å². The van der Waals surface area contributed by atoms with E-state index >= 15 is 0 Å². The van der Waals surface area contributed by atoms with Gasteiger partial charge in [0.05, 0.1) is 12.8 Å². The van der Waals surface area contributed by atoms with Crippen molar-refractivity contribution >= 4 is 29.4 Å². The molecule has 76 heavy (non-hydrogen) atoms. The second-order valence-corrected chi connectivity index (χ2v) is 19.7. The number of aryl methyl sites for hydroxylation is 5. The molecule has 396 valence electrons. The SMILES string of the molecule is C.C.Cc1ccc(=O)n([C@H](C(=O)C[C@@H](CC(=O)O)c2cncc(-c3c(C)cccc3C)c2)c2ccccc2)c1.Cc1cccc(C)c1-c1cncc([C@H](CC(=O)O)CC(=O)[C@H](c2ccccc2)N2CC(C)CCC2=O)c1. The van der Waals surface area contributed by atoms with Crippen LogP contribution in [0.3, 0.4) is 0 Å². The molecule has 1 saturated heterocycles. The van der Waals surface area contributed by atoms with E-state index in [1.165, 1.54) is 10.6 Å². The number of hydrogen-bond donors (Lipinski definition) is 2. The number of nitrogens with zero attached hydrogens (tertiary/aromatic N) is 4. The highest BCUT2D eigenvalue weighted by molar-refractivity contribution is 5.91. The number of ketones is 2. The molecule has 4 heterocycles. The second kappa shape index (κ2) is 26.9. The molecule has 0 spiro atoms. The van der Waals surface area contributed by atoms with Gasteiger partial charge in [-0.2, -0.15) is 0 Å². The number of aliphatic carboxylic acids is 2. The second-order valence-electron chi connectivity index (χ2n) is 19.7. The van der Waals surface area contributed by atoms with E-state index in [4.69, 9.17) is 0 Å². The first-order valence-corrected chi connectivity index (χ1v) is 25.1. The average molecular weight is 1030 g/mol. The van der Waals surface area contributed by atoms with Crippen LogP contribution in [-0.2, 0) is 24.0 Å². The molecule has 7 aromatic rings. The maximum Gasteiger partial charge on any atom is 0.303 e. The molecule has 3 aromatic heterocycles. The van der Waals surface area contributed by atoms with Crippen molar-refractivity contribution in [3.05, 3.63) is 213 Å². The molecular formula is C64H72N4O8. The summed E-state index contributed by atoms with van der Waals surface area (Å²) < 4.78 is 1.44. The fraction of sp³-hybridized carbons (Fsp3) is 0.312. The molecule has 0 saturated carbocycles. The molecular weight excluding hydrogens is 953 g/mol. The largest absolute Gasteiger partial charge is 0.481 e. The normalized spacial score (nSPS) is 14.6. The maximum atomic E-state index is 13.9. The predicted octanol–water partition coefficient (Wildman–Crippen LogP) is 12.8. The summed E-state index contributed by atoms with van der Waals surface area (Å²) in [7, 11) is 0. The molecule has 8 rings (SSSR count). The number of aromatic nitrogens is 3. The number of Topliss-reactive ketones (excluding diaryl/α,β-unsaturated/α-hetero) is 2. The van der Waals surface area contributed by atoms with E-state index in [0.29, 0.717) is 35.6 Å². The van der Waals surface area contributed by atoms with Crippen molar-refractivity contribution in [2.75, 3.05) is 6.54 Å². The van der Waals surface area contributed by atoms with Gasteiger partial charge in [-0.05, 0) is 120 Å². The predicted molar refractivity (Wildman–Crippen MR) is 300 cm³/mol. The monoisotopic (exact) mass is 1020 g/mol. The van der Waals surface area contributed by atoms with Crippen LogP contribution in [0.15, 0.2) is 157 Å². The highest BCUT2D eigenvalue weighted by atomic mass is 16.4. The van der Waals surface area contributed by atoms with E-state index in [1.54, 1.807) is 42.0 Å². The lowest BCUT2D eigenvalue weighted by atomic mass is 9.85. The van der Waals surface area contributed by atoms with Gasteiger partial charge in [-0.3, -0.25) is 38.7 Å². The van der Waals surface area contributed by atoms with Crippen molar-refractivity contribution < 1.29 is 34.2 Å².